The number of furan rings is 1. The van der Waals surface area contributed by atoms with Crippen LogP contribution in [0, 0.1) is 12.1 Å². The van der Waals surface area contributed by atoms with E-state index in [1.807, 2.05) is 68.6 Å². The largest absolute Gasteiger partial charge is 0 e. The zero-order valence-electron chi connectivity index (χ0n) is 40.2. The van der Waals surface area contributed by atoms with Crippen LogP contribution in [0.15, 0.2) is 162 Å². The van der Waals surface area contributed by atoms with Crippen LogP contribution >= 0.6 is 0 Å². The molecule has 66 heavy (non-hydrogen) atoms. The molecular formula is C59H56GeIrN4O-2. The smallest absolute Gasteiger partial charge is 0 e. The van der Waals surface area contributed by atoms with E-state index in [0.717, 1.165) is 78.3 Å². The van der Waals surface area contributed by atoms with Crippen LogP contribution < -0.4 is 4.40 Å². The average molecular weight is 1100 g/mol. The molecule has 0 spiro atoms. The van der Waals surface area contributed by atoms with Gasteiger partial charge in [0.05, 0.1) is 22.6 Å². The molecular weight excluding hydrogens is 1050 g/mol. The van der Waals surface area contributed by atoms with E-state index in [1.165, 1.54) is 26.6 Å². The van der Waals surface area contributed by atoms with Crippen molar-refractivity contribution in [3.05, 3.63) is 187 Å². The van der Waals surface area contributed by atoms with Gasteiger partial charge in [-0.05, 0) is 64.4 Å². The summed E-state index contributed by atoms with van der Waals surface area (Å²) in [5.74, 6) is 7.70. The fraction of sp³-hybridized carbons (Fsp3) is 0.203. The molecule has 0 saturated carbocycles. The Labute approximate surface area is 407 Å². The van der Waals surface area contributed by atoms with Crippen molar-refractivity contribution in [2.75, 3.05) is 0 Å². The maximum Gasteiger partial charge on any atom is 0 e. The van der Waals surface area contributed by atoms with Crippen LogP contribution in [0.5, 0.6) is 0 Å². The number of hydrogen-bond donors (Lipinski definition) is 0. The number of fused-ring (bicyclic) bond motifs is 4. The molecule has 0 unspecified atom stereocenters. The summed E-state index contributed by atoms with van der Waals surface area (Å²) in [5, 5.41) is 2.13. The van der Waals surface area contributed by atoms with Crippen molar-refractivity contribution in [1.82, 2.24) is 19.5 Å². The summed E-state index contributed by atoms with van der Waals surface area (Å²) < 4.78 is 18.6. The summed E-state index contributed by atoms with van der Waals surface area (Å²) in [6.45, 7) is 13.0. The Morgan fingerprint density at radius 3 is 1.89 bits per heavy atom. The number of hydrogen-bond acceptors (Lipinski definition) is 4. The Bertz CT molecular complexity index is 3300. The van der Waals surface area contributed by atoms with Crippen molar-refractivity contribution in [3.63, 3.8) is 0 Å². The molecule has 1 radical (unpaired) electrons. The SMILES string of the molecule is CC(C)c1cc(-c2ccccc2)cc(C(C)C)c1-n1c(-c2[c-]ccc3c2oc2ccccc23)nc2ccc(-c3ccccc3)nc21.[2H]C(C)(C)c1cc(-c2[c-]cccc2)nc[c]1[Ge]([CH3])([CH3])[CH3].[Ir]. The molecule has 0 amide bonds. The van der Waals surface area contributed by atoms with E-state index in [9.17, 15) is 0 Å². The first-order valence-electron chi connectivity index (χ1n) is 23.2. The minimum Gasteiger partial charge on any atom is 0 e. The van der Waals surface area contributed by atoms with E-state index >= 15 is 0 Å². The van der Waals surface area contributed by atoms with Gasteiger partial charge in [-0.15, -0.1) is 18.2 Å². The Balaban J connectivity index is 0.000000244. The van der Waals surface area contributed by atoms with Crippen LogP contribution in [0.25, 0.3) is 83.8 Å². The molecule has 10 rings (SSSR count). The molecule has 0 aliphatic carbocycles. The first kappa shape index (κ1) is 45.2. The monoisotopic (exact) mass is 1100 g/mol. The van der Waals surface area contributed by atoms with Gasteiger partial charge in [0.15, 0.2) is 5.65 Å². The molecule has 0 aliphatic rings. The summed E-state index contributed by atoms with van der Waals surface area (Å²) in [6, 6.07) is 58.8. The van der Waals surface area contributed by atoms with E-state index < -0.39 is 19.2 Å². The zero-order valence-corrected chi connectivity index (χ0v) is 43.7. The van der Waals surface area contributed by atoms with Crippen molar-refractivity contribution in [1.29, 1.82) is 0 Å². The van der Waals surface area contributed by atoms with Gasteiger partial charge in [-0.2, -0.15) is 0 Å². The maximum atomic E-state index is 8.44. The van der Waals surface area contributed by atoms with Crippen LogP contribution in [0.1, 0.15) is 77.3 Å². The summed E-state index contributed by atoms with van der Waals surface area (Å²) in [7, 11) is 0. The van der Waals surface area contributed by atoms with E-state index in [1.54, 1.807) is 0 Å². The second-order valence-electron chi connectivity index (χ2n) is 18.7. The minimum atomic E-state index is -2.03. The number of aromatic nitrogens is 4. The van der Waals surface area contributed by atoms with Crippen molar-refractivity contribution >= 4 is 50.8 Å². The average Bonchev–Trinajstić information content (AvgIpc) is 3.90. The van der Waals surface area contributed by atoms with Crippen molar-refractivity contribution in [2.45, 2.75) is 76.5 Å². The summed E-state index contributed by atoms with van der Waals surface area (Å²) >= 11 is -2.03. The second kappa shape index (κ2) is 19.5. The molecule has 10 aromatic rings. The third-order valence-electron chi connectivity index (χ3n) is 12.1. The first-order valence-corrected chi connectivity index (χ1v) is 30.0. The van der Waals surface area contributed by atoms with E-state index in [-0.39, 0.29) is 31.9 Å². The number of benzene rings is 6. The van der Waals surface area contributed by atoms with Gasteiger partial charge in [0.25, 0.3) is 0 Å². The van der Waals surface area contributed by atoms with Crippen LogP contribution in [0.2, 0.25) is 17.3 Å². The molecule has 0 saturated heterocycles. The molecule has 0 fully saturated rings. The van der Waals surface area contributed by atoms with Crippen LogP contribution in [0.3, 0.4) is 0 Å². The normalized spacial score (nSPS) is 12.1. The first-order chi connectivity index (χ1) is 31.7. The standard InChI is InChI=1S/C42H34N3O.C17H22GeN.Ir/c1-26(2)34-24-30(28-14-7-5-8-15-28)25-35(27(3)4)39(34)45-41(33-20-13-19-32-31-18-11-12-21-38(31)46-40(32)33)44-37-23-22-36(43-42(37)45)29-16-9-6-10-17-29;1-13(2)15-11-17(14-9-7-6-8-10-14)19-12-16(15)18(3,4)5;/h5-19,21-27H,1-4H3;6-9,11-13H,1-5H3;/q2*-1;/i;13D;. The Morgan fingerprint density at radius 1 is 0.606 bits per heavy atom. The fourth-order valence-corrected chi connectivity index (χ4v) is 12.1. The van der Waals surface area contributed by atoms with Crippen LogP contribution in [-0.4, -0.2) is 32.8 Å². The second-order valence-corrected chi connectivity index (χ2v) is 29.3. The van der Waals surface area contributed by atoms with Crippen molar-refractivity contribution < 1.29 is 25.9 Å². The number of pyridine rings is 2. The third kappa shape index (κ3) is 9.24. The van der Waals surface area contributed by atoms with Crippen LogP contribution in [-0.2, 0) is 20.1 Å². The number of nitrogens with zero attached hydrogens (tertiary/aromatic N) is 4. The molecule has 0 aliphatic heterocycles. The van der Waals surface area contributed by atoms with Gasteiger partial charge in [0, 0.05) is 36.7 Å². The molecule has 0 bridgehead atoms. The Hall–Kier alpha value is -5.92. The van der Waals surface area contributed by atoms with E-state index in [4.69, 9.17) is 15.8 Å². The summed E-state index contributed by atoms with van der Waals surface area (Å²) in [5.41, 5.74) is 15.1. The summed E-state index contributed by atoms with van der Waals surface area (Å²) in [6.07, 6.45) is 2.00. The van der Waals surface area contributed by atoms with Gasteiger partial charge in [-0.1, -0.05) is 118 Å². The quantitative estimate of drug-likeness (QED) is 0.107. The molecule has 0 atom stereocenters. The van der Waals surface area contributed by atoms with E-state index in [0.29, 0.717) is 0 Å². The topological polar surface area (TPSA) is 56.7 Å². The van der Waals surface area contributed by atoms with Gasteiger partial charge < -0.3 is 8.98 Å². The molecule has 0 N–H and O–H groups in total. The van der Waals surface area contributed by atoms with Gasteiger partial charge in [0.2, 0.25) is 0 Å². The number of para-hydroxylation sites is 1. The zero-order chi connectivity index (χ0) is 46.3. The van der Waals surface area contributed by atoms with E-state index in [2.05, 4.69) is 170 Å². The number of imidazole rings is 1. The third-order valence-corrected chi connectivity index (χ3v) is 16.3. The molecule has 333 valence electrons. The predicted octanol–water partition coefficient (Wildman–Crippen LogP) is 15.6. The molecule has 6 aromatic carbocycles. The van der Waals surface area contributed by atoms with Crippen molar-refractivity contribution in [3.8, 4) is 50.7 Å². The maximum absolute atomic E-state index is 8.44. The number of rotatable bonds is 9. The molecule has 5 nitrogen and oxygen atoms in total. The van der Waals surface area contributed by atoms with Crippen molar-refractivity contribution in [2.24, 2.45) is 0 Å². The van der Waals surface area contributed by atoms with Gasteiger partial charge in [-0.3, -0.25) is 4.98 Å². The fourth-order valence-electron chi connectivity index (χ4n) is 8.75. The predicted molar refractivity (Wildman–Crippen MR) is 275 cm³/mol. The van der Waals surface area contributed by atoms with Gasteiger partial charge in [0.1, 0.15) is 5.58 Å². The Morgan fingerprint density at radius 2 is 1.26 bits per heavy atom. The molecule has 7 heteroatoms. The van der Waals surface area contributed by atoms with Gasteiger partial charge >= 0.3 is 120 Å². The van der Waals surface area contributed by atoms with Crippen LogP contribution in [0.4, 0.5) is 0 Å². The summed E-state index contributed by atoms with van der Waals surface area (Å²) in [4.78, 5) is 15.3. The molecule has 4 heterocycles. The molecule has 4 aromatic heterocycles. The minimum absolute atomic E-state index is 0. The van der Waals surface area contributed by atoms with Gasteiger partial charge in [-0.25, -0.2) is 4.98 Å². The Kier molecular flexibility index (Phi) is 13.4.